The quantitative estimate of drug-likeness (QED) is 0.728. The first-order chi connectivity index (χ1) is 13.1. The summed E-state index contributed by atoms with van der Waals surface area (Å²) in [4.78, 5) is 26.7. The molecular formula is C19H31N5O3. The number of anilines is 1. The van der Waals surface area contributed by atoms with E-state index in [1.54, 1.807) is 17.1 Å². The molecule has 2 fully saturated rings. The van der Waals surface area contributed by atoms with Crippen LogP contribution in [0.4, 0.5) is 5.69 Å². The number of nitrogens with one attached hydrogen (secondary N) is 2. The van der Waals surface area contributed by atoms with Crippen LogP contribution < -0.4 is 10.6 Å². The van der Waals surface area contributed by atoms with Crippen molar-refractivity contribution >= 4 is 17.5 Å². The zero-order valence-corrected chi connectivity index (χ0v) is 16.2. The molecule has 150 valence electrons. The summed E-state index contributed by atoms with van der Waals surface area (Å²) in [7, 11) is 0. The second kappa shape index (κ2) is 9.85. The normalized spacial score (nSPS) is 23.7. The van der Waals surface area contributed by atoms with Crippen molar-refractivity contribution < 1.29 is 14.3 Å². The summed E-state index contributed by atoms with van der Waals surface area (Å²) in [6.07, 6.45) is 8.73. The molecule has 1 aliphatic carbocycles. The molecule has 27 heavy (non-hydrogen) atoms. The fourth-order valence-electron chi connectivity index (χ4n) is 3.85. The van der Waals surface area contributed by atoms with Crippen molar-refractivity contribution in [3.8, 4) is 0 Å². The van der Waals surface area contributed by atoms with Gasteiger partial charge < -0.3 is 15.4 Å². The van der Waals surface area contributed by atoms with Gasteiger partial charge in [0, 0.05) is 31.9 Å². The van der Waals surface area contributed by atoms with Crippen molar-refractivity contribution in [1.82, 2.24) is 20.0 Å². The molecule has 1 saturated heterocycles. The molecule has 0 radical (unpaired) electrons. The summed E-state index contributed by atoms with van der Waals surface area (Å²) < 4.78 is 7.13. The molecule has 8 heteroatoms. The third kappa shape index (κ3) is 6.04. The van der Waals surface area contributed by atoms with E-state index in [9.17, 15) is 9.59 Å². The Kier molecular flexibility index (Phi) is 7.23. The molecule has 8 nitrogen and oxygen atoms in total. The molecule has 2 atom stereocenters. The maximum absolute atomic E-state index is 12.2. The monoisotopic (exact) mass is 377 g/mol. The smallest absolute Gasteiger partial charge is 0.313 e. The molecule has 1 aromatic heterocycles. The highest BCUT2D eigenvalue weighted by Gasteiger charge is 2.24. The van der Waals surface area contributed by atoms with E-state index in [1.807, 2.05) is 0 Å². The second-order valence-corrected chi connectivity index (χ2v) is 7.51. The van der Waals surface area contributed by atoms with E-state index in [-0.39, 0.29) is 6.04 Å². The number of carbonyl (C=O) groups is 2. The minimum absolute atomic E-state index is 0.109. The van der Waals surface area contributed by atoms with Crippen LogP contribution in [-0.2, 0) is 20.9 Å². The summed E-state index contributed by atoms with van der Waals surface area (Å²) in [6.45, 7) is 7.22. The number of nitrogens with zero attached hydrogens (tertiary/aromatic N) is 3. The number of carbonyl (C=O) groups excluding carboxylic acids is 2. The van der Waals surface area contributed by atoms with Crippen LogP contribution in [-0.4, -0.2) is 65.4 Å². The summed E-state index contributed by atoms with van der Waals surface area (Å²) in [5.41, 5.74) is 0.548. The Morgan fingerprint density at radius 2 is 2.04 bits per heavy atom. The summed E-state index contributed by atoms with van der Waals surface area (Å²) in [6, 6.07) is 0.109. The van der Waals surface area contributed by atoms with E-state index < -0.39 is 11.8 Å². The number of rotatable bonds is 6. The van der Waals surface area contributed by atoms with E-state index in [0.717, 1.165) is 65.1 Å². The number of hydrogen-bond donors (Lipinski definition) is 2. The van der Waals surface area contributed by atoms with Crippen LogP contribution in [0.25, 0.3) is 0 Å². The first-order valence-corrected chi connectivity index (χ1v) is 10.1. The van der Waals surface area contributed by atoms with Crippen molar-refractivity contribution in [2.45, 2.75) is 51.6 Å². The third-order valence-electron chi connectivity index (χ3n) is 5.54. The van der Waals surface area contributed by atoms with Crippen molar-refractivity contribution in [1.29, 1.82) is 0 Å². The Labute approximate surface area is 160 Å². The molecule has 0 bridgehead atoms. The van der Waals surface area contributed by atoms with Gasteiger partial charge in [-0.15, -0.1) is 0 Å². The first-order valence-electron chi connectivity index (χ1n) is 10.1. The van der Waals surface area contributed by atoms with Crippen LogP contribution in [0.15, 0.2) is 12.4 Å². The number of hydrogen-bond acceptors (Lipinski definition) is 5. The zero-order chi connectivity index (χ0) is 19.1. The van der Waals surface area contributed by atoms with Gasteiger partial charge in [-0.25, -0.2) is 0 Å². The van der Waals surface area contributed by atoms with Crippen molar-refractivity contribution in [2.24, 2.45) is 5.92 Å². The van der Waals surface area contributed by atoms with Crippen LogP contribution >= 0.6 is 0 Å². The van der Waals surface area contributed by atoms with E-state index in [2.05, 4.69) is 27.6 Å². The maximum atomic E-state index is 12.2. The van der Waals surface area contributed by atoms with Gasteiger partial charge in [-0.1, -0.05) is 26.2 Å². The number of ether oxygens (including phenoxy) is 1. The predicted molar refractivity (Wildman–Crippen MR) is 102 cm³/mol. The standard InChI is InChI=1S/C19H31N5O3/c1-2-15-4-3-5-16(12-15)21-18(25)19(26)22-17-13-20-24(14-17)7-6-23-8-10-27-11-9-23/h13-16H,2-12H2,1H3,(H,21,25)(H,22,26)/t15-,16+/m1/s1. The lowest BCUT2D eigenvalue weighted by molar-refractivity contribution is -0.136. The van der Waals surface area contributed by atoms with Gasteiger partial charge in [-0.05, 0) is 18.8 Å². The lowest BCUT2D eigenvalue weighted by Crippen LogP contribution is -2.43. The van der Waals surface area contributed by atoms with E-state index in [4.69, 9.17) is 4.74 Å². The molecule has 0 unspecified atom stereocenters. The predicted octanol–water partition coefficient (Wildman–Crippen LogP) is 1.24. The van der Waals surface area contributed by atoms with Crippen LogP contribution in [0.2, 0.25) is 0 Å². The SMILES string of the molecule is CC[C@@H]1CCC[C@H](NC(=O)C(=O)Nc2cnn(CCN3CCOCC3)c2)C1. The van der Waals surface area contributed by atoms with Crippen molar-refractivity contribution in [2.75, 3.05) is 38.2 Å². The van der Waals surface area contributed by atoms with Gasteiger partial charge in [0.15, 0.2) is 0 Å². The van der Waals surface area contributed by atoms with Crippen molar-refractivity contribution in [3.63, 3.8) is 0 Å². The molecule has 0 aromatic carbocycles. The maximum Gasteiger partial charge on any atom is 0.313 e. The summed E-state index contributed by atoms with van der Waals surface area (Å²) in [5.74, 6) is -0.531. The Hall–Kier alpha value is -1.93. The average Bonchev–Trinajstić information content (AvgIpc) is 3.14. The Balaban J connectivity index is 1.42. The van der Waals surface area contributed by atoms with Crippen molar-refractivity contribution in [3.05, 3.63) is 12.4 Å². The van der Waals surface area contributed by atoms with Gasteiger partial charge >= 0.3 is 11.8 Å². The number of aromatic nitrogens is 2. The fraction of sp³-hybridized carbons (Fsp3) is 0.737. The van der Waals surface area contributed by atoms with Crippen LogP contribution in [0.5, 0.6) is 0 Å². The molecule has 1 aromatic rings. The zero-order valence-electron chi connectivity index (χ0n) is 16.2. The van der Waals surface area contributed by atoms with Crippen LogP contribution in [0.3, 0.4) is 0 Å². The van der Waals surface area contributed by atoms with Crippen LogP contribution in [0.1, 0.15) is 39.0 Å². The van der Waals surface area contributed by atoms with E-state index in [0.29, 0.717) is 11.6 Å². The second-order valence-electron chi connectivity index (χ2n) is 7.51. The largest absolute Gasteiger partial charge is 0.379 e. The first kappa shape index (κ1) is 19.8. The van der Waals surface area contributed by atoms with E-state index in [1.165, 1.54) is 6.42 Å². The minimum atomic E-state index is -0.624. The van der Waals surface area contributed by atoms with Gasteiger partial charge in [0.05, 0.1) is 31.6 Å². The fourth-order valence-corrected chi connectivity index (χ4v) is 3.85. The van der Waals surface area contributed by atoms with E-state index >= 15 is 0 Å². The van der Waals surface area contributed by atoms with Gasteiger partial charge in [-0.3, -0.25) is 19.2 Å². The number of morpholine rings is 1. The molecule has 1 aliphatic heterocycles. The van der Waals surface area contributed by atoms with Crippen LogP contribution in [0, 0.1) is 5.92 Å². The van der Waals surface area contributed by atoms with Gasteiger partial charge in [0.1, 0.15) is 0 Å². The highest BCUT2D eigenvalue weighted by Crippen LogP contribution is 2.26. The molecule has 3 rings (SSSR count). The number of amides is 2. The minimum Gasteiger partial charge on any atom is -0.379 e. The molecule has 2 amide bonds. The molecule has 1 saturated carbocycles. The molecule has 2 N–H and O–H groups in total. The Morgan fingerprint density at radius 1 is 1.22 bits per heavy atom. The molecule has 2 heterocycles. The summed E-state index contributed by atoms with van der Waals surface area (Å²) >= 11 is 0. The van der Waals surface area contributed by atoms with Gasteiger partial charge in [0.2, 0.25) is 0 Å². The topological polar surface area (TPSA) is 88.5 Å². The average molecular weight is 377 g/mol. The Morgan fingerprint density at radius 3 is 2.81 bits per heavy atom. The Bertz CT molecular complexity index is 627. The molecule has 0 spiro atoms. The molecule has 2 aliphatic rings. The van der Waals surface area contributed by atoms with Gasteiger partial charge in [0.25, 0.3) is 0 Å². The third-order valence-corrected chi connectivity index (χ3v) is 5.54. The van der Waals surface area contributed by atoms with Gasteiger partial charge in [-0.2, -0.15) is 5.10 Å². The highest BCUT2D eigenvalue weighted by atomic mass is 16.5. The lowest BCUT2D eigenvalue weighted by Gasteiger charge is -2.28. The lowest BCUT2D eigenvalue weighted by atomic mass is 9.84. The highest BCUT2D eigenvalue weighted by molar-refractivity contribution is 6.39. The summed E-state index contributed by atoms with van der Waals surface area (Å²) in [5, 5.41) is 9.79. The molecular weight excluding hydrogens is 346 g/mol.